The normalized spacial score (nSPS) is 13.4. The molecule has 14 heavy (non-hydrogen) atoms. The van der Waals surface area contributed by atoms with E-state index in [1.165, 1.54) is 6.33 Å². The van der Waals surface area contributed by atoms with Crippen molar-refractivity contribution in [1.29, 1.82) is 0 Å². The van der Waals surface area contributed by atoms with Crippen LogP contribution in [0.3, 0.4) is 0 Å². The molecule has 0 radical (unpaired) electrons. The van der Waals surface area contributed by atoms with Crippen LogP contribution in [0, 0.1) is 0 Å². The smallest absolute Gasteiger partial charge is 0.142 e. The summed E-state index contributed by atoms with van der Waals surface area (Å²) in [6.07, 6.45) is 3.06. The van der Waals surface area contributed by atoms with E-state index in [-0.39, 0.29) is 6.61 Å². The third-order valence-electron chi connectivity index (χ3n) is 2.05. The number of halogens is 1. The van der Waals surface area contributed by atoms with Crippen LogP contribution in [0.4, 0.5) is 0 Å². The molecule has 5 nitrogen and oxygen atoms in total. The van der Waals surface area contributed by atoms with Crippen LogP contribution in [-0.2, 0) is 0 Å². The summed E-state index contributed by atoms with van der Waals surface area (Å²) in [4.78, 5) is 10.8. The van der Waals surface area contributed by atoms with Crippen molar-refractivity contribution in [3.63, 3.8) is 0 Å². The Bertz CT molecular complexity index is 456. The van der Waals surface area contributed by atoms with Crippen LogP contribution < -0.4 is 5.73 Å². The standard InChI is InChI=1S/C8H9ClN4O/c9-7-6-4(5(10)2-14)1-11-8(6)13-3-12-7/h1,3,5,14H,2,10H2,(H,11,12,13)/t5-/m0/s1. The maximum Gasteiger partial charge on any atom is 0.142 e. The third-order valence-corrected chi connectivity index (χ3v) is 2.34. The molecule has 6 heteroatoms. The number of H-pyrrole nitrogens is 1. The van der Waals surface area contributed by atoms with Crippen molar-refractivity contribution < 1.29 is 5.11 Å². The van der Waals surface area contributed by atoms with Gasteiger partial charge in [-0.05, 0) is 0 Å². The number of nitrogens with zero attached hydrogens (tertiary/aromatic N) is 2. The summed E-state index contributed by atoms with van der Waals surface area (Å²) in [5, 5.41) is 9.95. The summed E-state index contributed by atoms with van der Waals surface area (Å²) >= 11 is 5.90. The zero-order valence-electron chi connectivity index (χ0n) is 7.24. The molecule has 0 aliphatic rings. The Kier molecular flexibility index (Phi) is 2.37. The monoisotopic (exact) mass is 212 g/mol. The number of fused-ring (bicyclic) bond motifs is 1. The molecule has 0 unspecified atom stereocenters. The molecule has 0 saturated carbocycles. The van der Waals surface area contributed by atoms with Gasteiger partial charge in [0.25, 0.3) is 0 Å². The van der Waals surface area contributed by atoms with Gasteiger partial charge < -0.3 is 15.8 Å². The van der Waals surface area contributed by atoms with Gasteiger partial charge in [0.15, 0.2) is 0 Å². The molecule has 2 heterocycles. The Morgan fingerprint density at radius 1 is 1.57 bits per heavy atom. The molecule has 2 aromatic rings. The van der Waals surface area contributed by atoms with E-state index in [2.05, 4.69) is 15.0 Å². The largest absolute Gasteiger partial charge is 0.394 e. The van der Waals surface area contributed by atoms with Crippen LogP contribution in [0.2, 0.25) is 5.15 Å². The first-order valence-corrected chi connectivity index (χ1v) is 4.45. The van der Waals surface area contributed by atoms with Crippen molar-refractivity contribution in [2.24, 2.45) is 5.73 Å². The Morgan fingerprint density at radius 3 is 3.07 bits per heavy atom. The zero-order chi connectivity index (χ0) is 10.1. The van der Waals surface area contributed by atoms with Gasteiger partial charge in [-0.15, -0.1) is 0 Å². The molecule has 4 N–H and O–H groups in total. The van der Waals surface area contributed by atoms with E-state index in [0.717, 1.165) is 5.56 Å². The maximum absolute atomic E-state index is 8.93. The van der Waals surface area contributed by atoms with E-state index in [4.69, 9.17) is 22.4 Å². The summed E-state index contributed by atoms with van der Waals surface area (Å²) in [5.41, 5.74) is 7.05. The van der Waals surface area contributed by atoms with E-state index in [1.807, 2.05) is 0 Å². The molecule has 0 aliphatic heterocycles. The molecule has 0 saturated heterocycles. The van der Waals surface area contributed by atoms with Crippen molar-refractivity contribution in [2.75, 3.05) is 6.61 Å². The number of aliphatic hydroxyl groups is 1. The Labute approximate surface area is 84.9 Å². The minimum Gasteiger partial charge on any atom is -0.394 e. The lowest BCUT2D eigenvalue weighted by molar-refractivity contribution is 0.268. The highest BCUT2D eigenvalue weighted by Gasteiger charge is 2.14. The molecule has 0 fully saturated rings. The summed E-state index contributed by atoms with van der Waals surface area (Å²) < 4.78 is 0. The predicted octanol–water partition coefficient (Wildman–Crippen LogP) is 0.603. The molecule has 0 aliphatic carbocycles. The van der Waals surface area contributed by atoms with E-state index >= 15 is 0 Å². The number of hydrogen-bond donors (Lipinski definition) is 3. The lowest BCUT2D eigenvalue weighted by Crippen LogP contribution is -2.13. The summed E-state index contributed by atoms with van der Waals surface area (Å²) in [7, 11) is 0. The second kappa shape index (κ2) is 3.53. The highest BCUT2D eigenvalue weighted by molar-refractivity contribution is 6.34. The van der Waals surface area contributed by atoms with Gasteiger partial charge in [-0.2, -0.15) is 0 Å². The van der Waals surface area contributed by atoms with Crippen LogP contribution in [-0.4, -0.2) is 26.7 Å². The van der Waals surface area contributed by atoms with E-state index in [1.54, 1.807) is 6.20 Å². The van der Waals surface area contributed by atoms with Crippen LogP contribution >= 0.6 is 11.6 Å². The Balaban J connectivity index is 2.67. The molecular formula is C8H9ClN4O. The maximum atomic E-state index is 8.93. The van der Waals surface area contributed by atoms with Crippen molar-refractivity contribution in [1.82, 2.24) is 15.0 Å². The van der Waals surface area contributed by atoms with Gasteiger partial charge in [0, 0.05) is 11.8 Å². The molecule has 0 amide bonds. The fraction of sp³-hybridized carbons (Fsp3) is 0.250. The van der Waals surface area contributed by atoms with E-state index in [9.17, 15) is 0 Å². The number of aliphatic hydroxyl groups excluding tert-OH is 1. The lowest BCUT2D eigenvalue weighted by Gasteiger charge is -2.05. The van der Waals surface area contributed by atoms with Crippen molar-refractivity contribution in [2.45, 2.75) is 6.04 Å². The first-order chi connectivity index (χ1) is 6.74. The van der Waals surface area contributed by atoms with Crippen LogP contribution in [0.1, 0.15) is 11.6 Å². The topological polar surface area (TPSA) is 87.8 Å². The quantitative estimate of drug-likeness (QED) is 0.637. The number of aromatic amines is 1. The number of nitrogens with two attached hydrogens (primary N) is 1. The molecule has 2 rings (SSSR count). The molecule has 1 atom stereocenters. The summed E-state index contributed by atoms with van der Waals surface area (Å²) in [5.74, 6) is 0. The van der Waals surface area contributed by atoms with Crippen molar-refractivity contribution in [3.8, 4) is 0 Å². The van der Waals surface area contributed by atoms with Crippen molar-refractivity contribution >= 4 is 22.6 Å². The third kappa shape index (κ3) is 1.35. The van der Waals surface area contributed by atoms with Gasteiger partial charge in [0.05, 0.1) is 18.0 Å². The predicted molar refractivity (Wildman–Crippen MR) is 52.9 cm³/mol. The molecule has 0 aromatic carbocycles. The van der Waals surface area contributed by atoms with E-state index < -0.39 is 6.04 Å². The second-order valence-electron chi connectivity index (χ2n) is 2.92. The fourth-order valence-corrected chi connectivity index (χ4v) is 1.58. The Hall–Kier alpha value is -1.17. The van der Waals surface area contributed by atoms with Crippen molar-refractivity contribution in [3.05, 3.63) is 23.2 Å². The first-order valence-electron chi connectivity index (χ1n) is 4.08. The first kappa shape index (κ1) is 9.39. The van der Waals surface area contributed by atoms with Gasteiger partial charge in [-0.25, -0.2) is 9.97 Å². The number of rotatable bonds is 2. The minimum atomic E-state index is -0.466. The fourth-order valence-electron chi connectivity index (χ4n) is 1.34. The average Bonchev–Trinajstić information content (AvgIpc) is 2.62. The second-order valence-corrected chi connectivity index (χ2v) is 3.28. The minimum absolute atomic E-state index is 0.141. The van der Waals surface area contributed by atoms with Crippen LogP contribution in [0.5, 0.6) is 0 Å². The lowest BCUT2D eigenvalue weighted by atomic mass is 10.1. The molecule has 0 spiro atoms. The van der Waals surface area contributed by atoms with Gasteiger partial charge in [-0.3, -0.25) is 0 Å². The van der Waals surface area contributed by atoms with Gasteiger partial charge in [0.2, 0.25) is 0 Å². The highest BCUT2D eigenvalue weighted by Crippen LogP contribution is 2.26. The van der Waals surface area contributed by atoms with Gasteiger partial charge >= 0.3 is 0 Å². The van der Waals surface area contributed by atoms with E-state index in [0.29, 0.717) is 16.2 Å². The molecule has 2 aromatic heterocycles. The van der Waals surface area contributed by atoms with Crippen LogP contribution in [0.25, 0.3) is 11.0 Å². The summed E-state index contributed by atoms with van der Waals surface area (Å²) in [6.45, 7) is -0.141. The van der Waals surface area contributed by atoms with Gasteiger partial charge in [-0.1, -0.05) is 11.6 Å². The molecule has 0 bridgehead atoms. The average molecular weight is 213 g/mol. The zero-order valence-corrected chi connectivity index (χ0v) is 7.99. The van der Waals surface area contributed by atoms with Crippen LogP contribution in [0.15, 0.2) is 12.5 Å². The summed E-state index contributed by atoms with van der Waals surface area (Å²) in [6, 6.07) is -0.466. The SMILES string of the molecule is N[C@@H](CO)c1c[nH]c2ncnc(Cl)c12. The number of hydrogen-bond acceptors (Lipinski definition) is 4. The number of aromatic nitrogens is 3. The van der Waals surface area contributed by atoms with Gasteiger partial charge in [0.1, 0.15) is 17.1 Å². The number of nitrogens with one attached hydrogen (secondary N) is 1. The Morgan fingerprint density at radius 2 is 2.36 bits per heavy atom. The highest BCUT2D eigenvalue weighted by atomic mass is 35.5. The molecule has 74 valence electrons. The molecular weight excluding hydrogens is 204 g/mol.